The van der Waals surface area contributed by atoms with Crippen molar-refractivity contribution in [2.75, 3.05) is 26.7 Å². The zero-order valence-corrected chi connectivity index (χ0v) is 19.7. The highest BCUT2D eigenvalue weighted by Gasteiger charge is 2.40. The molecule has 31 heavy (non-hydrogen) atoms. The Balaban J connectivity index is 1.55. The third-order valence-electron chi connectivity index (χ3n) is 6.62. The second-order valence-corrected chi connectivity index (χ2v) is 10.4. The van der Waals surface area contributed by atoms with Crippen LogP contribution < -0.4 is 15.4 Å². The first-order valence-electron chi connectivity index (χ1n) is 11.8. The van der Waals surface area contributed by atoms with Gasteiger partial charge in [-0.3, -0.25) is 9.69 Å². The monoisotopic (exact) mass is 431 g/mol. The van der Waals surface area contributed by atoms with Gasteiger partial charge in [0, 0.05) is 31.7 Å². The van der Waals surface area contributed by atoms with E-state index in [1.165, 1.54) is 25.7 Å². The Morgan fingerprint density at radius 1 is 1.19 bits per heavy atom. The van der Waals surface area contributed by atoms with E-state index in [2.05, 4.69) is 15.5 Å². The Bertz CT molecular complexity index is 701. The van der Waals surface area contributed by atoms with Gasteiger partial charge >= 0.3 is 0 Å². The van der Waals surface area contributed by atoms with Gasteiger partial charge in [0.05, 0.1) is 19.3 Å². The number of piperidine rings is 1. The molecule has 6 heteroatoms. The lowest BCUT2D eigenvalue weighted by Gasteiger charge is -2.46. The van der Waals surface area contributed by atoms with Gasteiger partial charge < -0.3 is 20.5 Å². The number of aliphatic hydroxyl groups is 1. The Morgan fingerprint density at radius 3 is 2.52 bits per heavy atom. The normalized spacial score (nSPS) is 25.5. The summed E-state index contributed by atoms with van der Waals surface area (Å²) in [6.07, 6.45) is 5.47. The molecule has 4 atom stereocenters. The lowest BCUT2D eigenvalue weighted by Crippen LogP contribution is -2.59. The van der Waals surface area contributed by atoms with Gasteiger partial charge in [0.2, 0.25) is 5.91 Å². The Hall–Kier alpha value is -1.63. The van der Waals surface area contributed by atoms with E-state index in [0.717, 1.165) is 24.3 Å². The number of hydrogen-bond donors (Lipinski definition) is 3. The van der Waals surface area contributed by atoms with Crippen molar-refractivity contribution in [2.45, 2.75) is 77.1 Å². The number of fused-ring (bicyclic) bond motifs is 1. The number of nitrogens with one attached hydrogen (secondary N) is 2. The highest BCUT2D eigenvalue weighted by Crippen LogP contribution is 2.38. The number of methoxy groups -OCH3 is 1. The van der Waals surface area contributed by atoms with Gasteiger partial charge in [0.15, 0.2) is 0 Å². The van der Waals surface area contributed by atoms with Crippen molar-refractivity contribution in [3.05, 3.63) is 29.8 Å². The van der Waals surface area contributed by atoms with Crippen molar-refractivity contribution < 1.29 is 14.6 Å². The molecule has 0 spiro atoms. The SMILES string of the molecule is COc1ccc(CNC[C@@H](O)CN2C[C@H]3CCCC[C@H]3C[C@H]2C(=O)NC(C)(C)C)cc1. The van der Waals surface area contributed by atoms with E-state index < -0.39 is 6.10 Å². The minimum absolute atomic E-state index is 0.106. The maximum Gasteiger partial charge on any atom is 0.237 e. The van der Waals surface area contributed by atoms with Crippen LogP contribution in [0.25, 0.3) is 0 Å². The minimum atomic E-state index is -0.511. The van der Waals surface area contributed by atoms with Crippen LogP contribution >= 0.6 is 0 Å². The molecule has 2 aliphatic rings. The molecule has 1 aliphatic heterocycles. The van der Waals surface area contributed by atoms with E-state index in [1.807, 2.05) is 45.0 Å². The standard InChI is InChI=1S/C25H41N3O3/c1-25(2,3)27-24(30)23-13-19-7-5-6-8-20(19)16-28(23)17-21(29)15-26-14-18-9-11-22(31-4)12-10-18/h9-12,19-21,23,26,29H,5-8,13-17H2,1-4H3,(H,27,30)/t19-,20+,21+,23-/m0/s1. The molecule has 6 nitrogen and oxygen atoms in total. The van der Waals surface area contributed by atoms with Crippen LogP contribution in [0.5, 0.6) is 5.75 Å². The number of aliphatic hydroxyl groups excluding tert-OH is 1. The van der Waals surface area contributed by atoms with E-state index in [-0.39, 0.29) is 17.5 Å². The van der Waals surface area contributed by atoms with Gasteiger partial charge in [0.25, 0.3) is 0 Å². The van der Waals surface area contributed by atoms with Crippen LogP contribution in [0.15, 0.2) is 24.3 Å². The van der Waals surface area contributed by atoms with Gasteiger partial charge in [-0.1, -0.05) is 31.4 Å². The molecule has 1 aliphatic carbocycles. The fraction of sp³-hybridized carbons (Fsp3) is 0.720. The number of ether oxygens (including phenoxy) is 1. The summed E-state index contributed by atoms with van der Waals surface area (Å²) in [6, 6.07) is 7.80. The van der Waals surface area contributed by atoms with Crippen LogP contribution in [0, 0.1) is 11.8 Å². The summed E-state index contributed by atoms with van der Waals surface area (Å²) >= 11 is 0. The summed E-state index contributed by atoms with van der Waals surface area (Å²) < 4.78 is 5.19. The summed E-state index contributed by atoms with van der Waals surface area (Å²) in [7, 11) is 1.66. The van der Waals surface area contributed by atoms with Crippen LogP contribution in [-0.4, -0.2) is 60.3 Å². The van der Waals surface area contributed by atoms with Crippen molar-refractivity contribution in [1.29, 1.82) is 0 Å². The molecular weight excluding hydrogens is 390 g/mol. The molecule has 174 valence electrons. The zero-order chi connectivity index (χ0) is 22.4. The number of β-amino-alcohol motifs (C(OH)–C–C–N with tert-alkyl or cyclic N) is 1. The van der Waals surface area contributed by atoms with Crippen LogP contribution in [0.4, 0.5) is 0 Å². The largest absolute Gasteiger partial charge is 0.497 e. The fourth-order valence-electron chi connectivity index (χ4n) is 5.09. The third-order valence-corrected chi connectivity index (χ3v) is 6.62. The van der Waals surface area contributed by atoms with E-state index in [0.29, 0.717) is 31.5 Å². The number of amides is 1. The topological polar surface area (TPSA) is 73.8 Å². The molecule has 3 N–H and O–H groups in total. The molecule has 1 aromatic carbocycles. The van der Waals surface area contributed by atoms with Gasteiger partial charge in [0.1, 0.15) is 5.75 Å². The summed E-state index contributed by atoms with van der Waals surface area (Å²) in [5.74, 6) is 2.25. The van der Waals surface area contributed by atoms with Crippen LogP contribution in [0.3, 0.4) is 0 Å². The number of carbonyl (C=O) groups is 1. The molecule has 3 rings (SSSR count). The molecule has 0 unspecified atom stereocenters. The average Bonchev–Trinajstić information content (AvgIpc) is 2.72. The molecule has 0 bridgehead atoms. The smallest absolute Gasteiger partial charge is 0.237 e. The van der Waals surface area contributed by atoms with E-state index in [1.54, 1.807) is 7.11 Å². The number of rotatable bonds is 8. The zero-order valence-electron chi connectivity index (χ0n) is 19.7. The van der Waals surface area contributed by atoms with E-state index in [9.17, 15) is 9.90 Å². The molecule has 1 amide bonds. The van der Waals surface area contributed by atoms with Crippen molar-refractivity contribution in [3.63, 3.8) is 0 Å². The summed E-state index contributed by atoms with van der Waals surface area (Å²) in [5, 5.41) is 17.3. The van der Waals surface area contributed by atoms with E-state index in [4.69, 9.17) is 4.74 Å². The minimum Gasteiger partial charge on any atom is -0.497 e. The van der Waals surface area contributed by atoms with Gasteiger partial charge in [-0.25, -0.2) is 0 Å². The van der Waals surface area contributed by atoms with Gasteiger partial charge in [-0.2, -0.15) is 0 Å². The van der Waals surface area contributed by atoms with E-state index >= 15 is 0 Å². The molecule has 0 aromatic heterocycles. The number of hydrogen-bond acceptors (Lipinski definition) is 5. The lowest BCUT2D eigenvalue weighted by atomic mass is 9.72. The number of nitrogens with zero attached hydrogens (tertiary/aromatic N) is 1. The quantitative estimate of drug-likeness (QED) is 0.590. The summed E-state index contributed by atoms with van der Waals surface area (Å²) in [6.45, 7) is 8.73. The lowest BCUT2D eigenvalue weighted by molar-refractivity contribution is -0.132. The summed E-state index contributed by atoms with van der Waals surface area (Å²) in [4.78, 5) is 15.3. The Morgan fingerprint density at radius 2 is 1.87 bits per heavy atom. The number of carbonyl (C=O) groups excluding carboxylic acids is 1. The molecular formula is C25H41N3O3. The molecule has 0 radical (unpaired) electrons. The van der Waals surface area contributed by atoms with Crippen LogP contribution in [-0.2, 0) is 11.3 Å². The molecule has 1 heterocycles. The molecule has 2 fully saturated rings. The van der Waals surface area contributed by atoms with Crippen LogP contribution in [0.1, 0.15) is 58.4 Å². The first-order chi connectivity index (χ1) is 14.7. The number of likely N-dealkylation sites (tertiary alicyclic amines) is 1. The predicted molar refractivity (Wildman–Crippen MR) is 124 cm³/mol. The summed E-state index contributed by atoms with van der Waals surface area (Å²) in [5.41, 5.74) is 0.906. The second-order valence-electron chi connectivity index (χ2n) is 10.4. The maximum atomic E-state index is 13.1. The van der Waals surface area contributed by atoms with Crippen molar-refractivity contribution in [2.24, 2.45) is 11.8 Å². The van der Waals surface area contributed by atoms with Crippen molar-refractivity contribution in [1.82, 2.24) is 15.5 Å². The molecule has 1 saturated carbocycles. The Kier molecular flexibility index (Phi) is 8.36. The highest BCUT2D eigenvalue weighted by atomic mass is 16.5. The van der Waals surface area contributed by atoms with Gasteiger partial charge in [-0.05, 0) is 63.1 Å². The number of benzene rings is 1. The molecule has 1 saturated heterocycles. The first-order valence-corrected chi connectivity index (χ1v) is 11.8. The maximum absolute atomic E-state index is 13.1. The fourth-order valence-corrected chi connectivity index (χ4v) is 5.09. The van der Waals surface area contributed by atoms with Crippen LogP contribution in [0.2, 0.25) is 0 Å². The highest BCUT2D eigenvalue weighted by molar-refractivity contribution is 5.82. The predicted octanol–water partition coefficient (Wildman–Crippen LogP) is 2.94. The average molecular weight is 432 g/mol. The van der Waals surface area contributed by atoms with Crippen molar-refractivity contribution >= 4 is 5.91 Å². The first kappa shape index (κ1) is 24.0. The molecule has 1 aromatic rings. The Labute approximate surface area is 187 Å². The second kappa shape index (κ2) is 10.8. The van der Waals surface area contributed by atoms with Gasteiger partial charge in [-0.15, -0.1) is 0 Å². The van der Waals surface area contributed by atoms with Crippen molar-refractivity contribution in [3.8, 4) is 5.75 Å². The third kappa shape index (κ3) is 7.19.